The van der Waals surface area contributed by atoms with Gasteiger partial charge in [-0.05, 0) is 18.4 Å². The normalized spacial score (nSPS) is 16.9. The Morgan fingerprint density at radius 3 is 2.95 bits per heavy atom. The van der Waals surface area contributed by atoms with Crippen LogP contribution in [0.3, 0.4) is 0 Å². The van der Waals surface area contributed by atoms with Crippen LogP contribution in [0.1, 0.15) is 24.6 Å². The van der Waals surface area contributed by atoms with Gasteiger partial charge in [-0.3, -0.25) is 0 Å². The molecule has 1 aliphatic carbocycles. The fourth-order valence-electron chi connectivity index (χ4n) is 2.23. The molecule has 5 N–H and O–H groups in total. The fraction of sp³-hybridized carbons (Fsp3) is 0.538. The summed E-state index contributed by atoms with van der Waals surface area (Å²) < 4.78 is 0. The third-order valence-electron chi connectivity index (χ3n) is 3.47. The first-order chi connectivity index (χ1) is 9.17. The number of nitrogen functional groups attached to an aromatic ring is 1. The molecule has 0 saturated carbocycles. The van der Waals surface area contributed by atoms with Crippen LogP contribution < -0.4 is 11.1 Å². The zero-order valence-corrected chi connectivity index (χ0v) is 11.0. The maximum atomic E-state index is 9.74. The molecule has 0 aromatic carbocycles. The van der Waals surface area contributed by atoms with Crippen LogP contribution in [-0.4, -0.2) is 45.5 Å². The third-order valence-corrected chi connectivity index (χ3v) is 3.47. The van der Waals surface area contributed by atoms with Crippen LogP contribution >= 0.6 is 0 Å². The molecule has 6 heteroatoms. The average molecular weight is 264 g/mol. The second-order valence-corrected chi connectivity index (χ2v) is 4.67. The first-order valence-corrected chi connectivity index (χ1v) is 6.48. The Morgan fingerprint density at radius 1 is 1.47 bits per heavy atom. The molecule has 6 nitrogen and oxygen atoms in total. The quantitative estimate of drug-likeness (QED) is 0.563. The van der Waals surface area contributed by atoms with E-state index in [1.807, 2.05) is 6.92 Å². The number of aliphatic hydroxyl groups excluding tert-OH is 2. The number of allylic oxidation sites excluding steroid dienone is 1. The number of anilines is 1. The molecule has 0 spiro atoms. The van der Waals surface area contributed by atoms with Crippen molar-refractivity contribution in [3.05, 3.63) is 23.7 Å². The predicted molar refractivity (Wildman–Crippen MR) is 73.3 cm³/mol. The van der Waals surface area contributed by atoms with Crippen LogP contribution in [-0.2, 0) is 6.42 Å². The van der Waals surface area contributed by atoms with Crippen molar-refractivity contribution in [3.63, 3.8) is 0 Å². The number of hydrogen-bond donors (Lipinski definition) is 4. The molecule has 1 aromatic heterocycles. The first kappa shape index (κ1) is 13.9. The van der Waals surface area contributed by atoms with E-state index in [2.05, 4.69) is 21.4 Å². The van der Waals surface area contributed by atoms with Crippen molar-refractivity contribution < 1.29 is 10.2 Å². The van der Waals surface area contributed by atoms with E-state index in [1.165, 1.54) is 6.33 Å². The van der Waals surface area contributed by atoms with Gasteiger partial charge in [-0.1, -0.05) is 13.0 Å². The standard InChI is InChI=1S/C13H20N4O2/c1-2-11(19)10(6-18)15-5-8-3-4-9-12(8)16-7-17-13(9)14/h3,7,10-11,15,18-19H,2,4-6H2,1H3,(H2,14,16,17)/t10-,11-/m0/s1. The smallest absolute Gasteiger partial charge is 0.130 e. The molecule has 1 heterocycles. The zero-order valence-electron chi connectivity index (χ0n) is 11.0. The van der Waals surface area contributed by atoms with Gasteiger partial charge in [0.25, 0.3) is 0 Å². The number of nitrogens with zero attached hydrogens (tertiary/aromatic N) is 2. The maximum absolute atomic E-state index is 9.74. The van der Waals surface area contributed by atoms with Crippen molar-refractivity contribution in [2.45, 2.75) is 31.9 Å². The minimum Gasteiger partial charge on any atom is -0.395 e. The summed E-state index contributed by atoms with van der Waals surface area (Å²) in [6.07, 6.45) is 4.29. The van der Waals surface area contributed by atoms with Gasteiger partial charge in [0.05, 0.1) is 24.4 Å². The summed E-state index contributed by atoms with van der Waals surface area (Å²) in [5.41, 5.74) is 8.65. The minimum absolute atomic E-state index is 0.0962. The fourth-order valence-corrected chi connectivity index (χ4v) is 2.23. The van der Waals surface area contributed by atoms with E-state index in [0.717, 1.165) is 23.3 Å². The van der Waals surface area contributed by atoms with Crippen LogP contribution in [0.2, 0.25) is 0 Å². The lowest BCUT2D eigenvalue weighted by Gasteiger charge is -2.21. The summed E-state index contributed by atoms with van der Waals surface area (Å²) in [4.78, 5) is 8.22. The lowest BCUT2D eigenvalue weighted by Crippen LogP contribution is -2.43. The predicted octanol–water partition coefficient (Wildman–Crippen LogP) is -0.280. The molecule has 104 valence electrons. The van der Waals surface area contributed by atoms with Gasteiger partial charge in [-0.15, -0.1) is 0 Å². The number of aromatic nitrogens is 2. The van der Waals surface area contributed by atoms with E-state index in [4.69, 9.17) is 5.73 Å². The van der Waals surface area contributed by atoms with Crippen LogP contribution in [0.25, 0.3) is 5.57 Å². The van der Waals surface area contributed by atoms with Gasteiger partial charge < -0.3 is 21.3 Å². The van der Waals surface area contributed by atoms with Crippen molar-refractivity contribution >= 4 is 11.4 Å². The Bertz CT molecular complexity index is 476. The van der Waals surface area contributed by atoms with Crippen LogP contribution in [0.15, 0.2) is 12.4 Å². The van der Waals surface area contributed by atoms with Crippen molar-refractivity contribution in [2.75, 3.05) is 18.9 Å². The van der Waals surface area contributed by atoms with Gasteiger partial charge in [0.1, 0.15) is 12.1 Å². The Kier molecular flexibility index (Phi) is 4.47. The molecule has 1 aliphatic rings. The number of nitrogens with two attached hydrogens (primary N) is 1. The number of fused-ring (bicyclic) bond motifs is 1. The number of rotatable bonds is 6. The average Bonchev–Trinajstić information content (AvgIpc) is 2.84. The van der Waals surface area contributed by atoms with Crippen molar-refractivity contribution in [1.29, 1.82) is 0 Å². The first-order valence-electron chi connectivity index (χ1n) is 6.48. The van der Waals surface area contributed by atoms with Gasteiger partial charge in [0.2, 0.25) is 0 Å². The van der Waals surface area contributed by atoms with E-state index in [9.17, 15) is 10.2 Å². The summed E-state index contributed by atoms with van der Waals surface area (Å²) >= 11 is 0. The topological polar surface area (TPSA) is 104 Å². The Hall–Kier alpha value is -1.50. The number of nitrogens with one attached hydrogen (secondary N) is 1. The SMILES string of the molecule is CC[C@H](O)[C@H](CO)NCC1=CCc2c(N)ncnc21. The van der Waals surface area contributed by atoms with E-state index in [1.54, 1.807) is 0 Å². The molecule has 2 atom stereocenters. The summed E-state index contributed by atoms with van der Waals surface area (Å²) in [7, 11) is 0. The third kappa shape index (κ3) is 2.91. The molecule has 2 rings (SSSR count). The van der Waals surface area contributed by atoms with Crippen molar-refractivity contribution in [2.24, 2.45) is 0 Å². The summed E-state index contributed by atoms with van der Waals surface area (Å²) in [6.45, 7) is 2.33. The highest BCUT2D eigenvalue weighted by molar-refractivity contribution is 5.74. The van der Waals surface area contributed by atoms with E-state index in [-0.39, 0.29) is 12.6 Å². The van der Waals surface area contributed by atoms with Crippen molar-refractivity contribution in [3.8, 4) is 0 Å². The molecule has 19 heavy (non-hydrogen) atoms. The van der Waals surface area contributed by atoms with Gasteiger partial charge in [-0.2, -0.15) is 0 Å². The zero-order chi connectivity index (χ0) is 13.8. The van der Waals surface area contributed by atoms with Gasteiger partial charge >= 0.3 is 0 Å². The molecule has 0 unspecified atom stereocenters. The van der Waals surface area contributed by atoms with Crippen molar-refractivity contribution in [1.82, 2.24) is 15.3 Å². The van der Waals surface area contributed by atoms with Gasteiger partial charge in [0, 0.05) is 12.1 Å². The summed E-state index contributed by atoms with van der Waals surface area (Å²) in [6, 6.07) is -0.325. The second kappa shape index (κ2) is 6.10. The molecule has 0 saturated heterocycles. The summed E-state index contributed by atoms with van der Waals surface area (Å²) in [5, 5.41) is 22.1. The molecular formula is C13H20N4O2. The Balaban J connectivity index is 2.01. The number of hydrogen-bond acceptors (Lipinski definition) is 6. The lowest BCUT2D eigenvalue weighted by molar-refractivity contribution is 0.0893. The molecule has 0 fully saturated rings. The molecule has 0 bridgehead atoms. The van der Waals surface area contributed by atoms with Crippen LogP contribution in [0, 0.1) is 0 Å². The molecular weight excluding hydrogens is 244 g/mol. The highest BCUT2D eigenvalue weighted by Crippen LogP contribution is 2.27. The Morgan fingerprint density at radius 2 is 2.26 bits per heavy atom. The summed E-state index contributed by atoms with van der Waals surface area (Å²) in [5.74, 6) is 0.517. The lowest BCUT2D eigenvalue weighted by atomic mass is 10.1. The van der Waals surface area contributed by atoms with Crippen LogP contribution in [0.5, 0.6) is 0 Å². The van der Waals surface area contributed by atoms with Gasteiger partial charge in [0.15, 0.2) is 0 Å². The maximum Gasteiger partial charge on any atom is 0.130 e. The van der Waals surface area contributed by atoms with Crippen LogP contribution in [0.4, 0.5) is 5.82 Å². The monoisotopic (exact) mass is 264 g/mol. The highest BCUT2D eigenvalue weighted by Gasteiger charge is 2.21. The molecule has 1 aromatic rings. The Labute approximate surface area is 112 Å². The molecule has 0 aliphatic heterocycles. The van der Waals surface area contributed by atoms with Gasteiger partial charge in [-0.25, -0.2) is 9.97 Å². The molecule has 0 radical (unpaired) electrons. The van der Waals surface area contributed by atoms with E-state index < -0.39 is 6.10 Å². The molecule has 0 amide bonds. The minimum atomic E-state index is -0.554. The van der Waals surface area contributed by atoms with E-state index >= 15 is 0 Å². The largest absolute Gasteiger partial charge is 0.395 e. The van der Waals surface area contributed by atoms with E-state index in [0.29, 0.717) is 18.8 Å². The highest BCUT2D eigenvalue weighted by atomic mass is 16.3. The number of aliphatic hydroxyl groups is 2. The second-order valence-electron chi connectivity index (χ2n) is 4.67.